The lowest BCUT2D eigenvalue weighted by Crippen LogP contribution is -2.30. The summed E-state index contributed by atoms with van der Waals surface area (Å²) in [4.78, 5) is 15.0. The molecule has 0 bridgehead atoms. The molecule has 0 radical (unpaired) electrons. The van der Waals surface area contributed by atoms with Gasteiger partial charge in [-0.3, -0.25) is 9.69 Å². The van der Waals surface area contributed by atoms with Crippen LogP contribution in [-0.4, -0.2) is 30.4 Å². The highest BCUT2D eigenvalue weighted by molar-refractivity contribution is 5.93. The van der Waals surface area contributed by atoms with Crippen molar-refractivity contribution in [2.24, 2.45) is 17.6 Å². The number of anilines is 1. The summed E-state index contributed by atoms with van der Waals surface area (Å²) in [5.74, 6) is 0.588. The van der Waals surface area contributed by atoms with E-state index in [-0.39, 0.29) is 11.8 Å². The topological polar surface area (TPSA) is 58.4 Å². The summed E-state index contributed by atoms with van der Waals surface area (Å²) < 4.78 is 0. The first-order chi connectivity index (χ1) is 11.3. The zero-order valence-electron chi connectivity index (χ0n) is 14.0. The molecule has 0 spiro atoms. The van der Waals surface area contributed by atoms with Crippen molar-refractivity contribution in [2.45, 2.75) is 45.1 Å². The molecule has 1 saturated carbocycles. The third kappa shape index (κ3) is 4.33. The Bertz CT molecular complexity index is 525. The zero-order valence-corrected chi connectivity index (χ0v) is 14.0. The van der Waals surface area contributed by atoms with E-state index in [1.165, 1.54) is 37.9 Å². The normalized spacial score (nSPS) is 25.4. The highest BCUT2D eigenvalue weighted by Gasteiger charge is 2.31. The smallest absolute Gasteiger partial charge is 0.227 e. The minimum atomic E-state index is 0.0887. The second-order valence-corrected chi connectivity index (χ2v) is 7.06. The highest BCUT2D eigenvalue weighted by atomic mass is 16.1. The van der Waals surface area contributed by atoms with E-state index < -0.39 is 0 Å². The monoisotopic (exact) mass is 315 g/mol. The Hall–Kier alpha value is -1.39. The van der Waals surface area contributed by atoms with Crippen LogP contribution in [0.4, 0.5) is 5.69 Å². The third-order valence-corrected chi connectivity index (χ3v) is 5.35. The number of hydrogen-bond donors (Lipinski definition) is 2. The minimum absolute atomic E-state index is 0.0887. The molecule has 1 aliphatic carbocycles. The van der Waals surface area contributed by atoms with Crippen molar-refractivity contribution >= 4 is 11.6 Å². The Balaban J connectivity index is 1.59. The Labute approximate surface area is 139 Å². The maximum absolute atomic E-state index is 12.5. The maximum Gasteiger partial charge on any atom is 0.227 e. The molecule has 2 fully saturated rings. The fourth-order valence-electron chi connectivity index (χ4n) is 4.02. The van der Waals surface area contributed by atoms with E-state index in [0.29, 0.717) is 12.5 Å². The summed E-state index contributed by atoms with van der Waals surface area (Å²) in [6.45, 7) is 3.99. The number of nitrogens with zero attached hydrogens (tertiary/aromatic N) is 1. The Morgan fingerprint density at radius 2 is 2.00 bits per heavy atom. The first-order valence-electron chi connectivity index (χ1n) is 9.08. The Morgan fingerprint density at radius 3 is 2.78 bits per heavy atom. The first kappa shape index (κ1) is 16.5. The molecule has 2 aliphatic rings. The lowest BCUT2D eigenvalue weighted by molar-refractivity contribution is -0.120. The van der Waals surface area contributed by atoms with Crippen LogP contribution in [0.2, 0.25) is 0 Å². The van der Waals surface area contributed by atoms with Crippen LogP contribution in [0, 0.1) is 11.8 Å². The van der Waals surface area contributed by atoms with E-state index in [9.17, 15) is 4.79 Å². The molecule has 1 amide bonds. The van der Waals surface area contributed by atoms with E-state index >= 15 is 0 Å². The molecule has 2 atom stereocenters. The zero-order chi connectivity index (χ0) is 16.1. The molecule has 0 unspecified atom stereocenters. The van der Waals surface area contributed by atoms with Crippen molar-refractivity contribution in [1.82, 2.24) is 4.90 Å². The molecule has 1 heterocycles. The molecule has 4 nitrogen and oxygen atoms in total. The van der Waals surface area contributed by atoms with Gasteiger partial charge < -0.3 is 11.1 Å². The summed E-state index contributed by atoms with van der Waals surface area (Å²) in [5.41, 5.74) is 8.01. The van der Waals surface area contributed by atoms with Gasteiger partial charge in [-0.25, -0.2) is 0 Å². The lowest BCUT2D eigenvalue weighted by atomic mass is 9.95. The van der Waals surface area contributed by atoms with Crippen molar-refractivity contribution < 1.29 is 4.79 Å². The molecule has 1 saturated heterocycles. The number of carbonyl (C=O) groups excluding carboxylic acids is 1. The maximum atomic E-state index is 12.5. The average molecular weight is 315 g/mol. The van der Waals surface area contributed by atoms with Crippen molar-refractivity contribution in [2.75, 3.05) is 25.0 Å². The van der Waals surface area contributed by atoms with Crippen molar-refractivity contribution in [3.8, 4) is 0 Å². The Morgan fingerprint density at radius 1 is 1.17 bits per heavy atom. The van der Waals surface area contributed by atoms with Gasteiger partial charge in [0, 0.05) is 18.2 Å². The van der Waals surface area contributed by atoms with E-state index in [1.54, 1.807) is 0 Å². The van der Waals surface area contributed by atoms with Crippen LogP contribution in [-0.2, 0) is 11.3 Å². The minimum Gasteiger partial charge on any atom is -0.330 e. The van der Waals surface area contributed by atoms with Crippen LogP contribution >= 0.6 is 0 Å². The van der Waals surface area contributed by atoms with Crippen LogP contribution < -0.4 is 11.1 Å². The number of benzene rings is 1. The number of carbonyl (C=O) groups is 1. The molecule has 4 heteroatoms. The molecule has 1 aliphatic heterocycles. The largest absolute Gasteiger partial charge is 0.330 e. The molecule has 1 aromatic carbocycles. The second-order valence-electron chi connectivity index (χ2n) is 7.06. The van der Waals surface area contributed by atoms with Gasteiger partial charge in [-0.15, -0.1) is 0 Å². The van der Waals surface area contributed by atoms with Gasteiger partial charge >= 0.3 is 0 Å². The first-order valence-corrected chi connectivity index (χ1v) is 9.08. The highest BCUT2D eigenvalue weighted by Crippen LogP contribution is 2.32. The molecule has 1 aromatic rings. The van der Waals surface area contributed by atoms with Crippen molar-refractivity contribution in [3.05, 3.63) is 29.8 Å². The number of piperidine rings is 1. The summed E-state index contributed by atoms with van der Waals surface area (Å²) in [5, 5.41) is 3.11. The summed E-state index contributed by atoms with van der Waals surface area (Å²) in [7, 11) is 0. The second kappa shape index (κ2) is 7.93. The Kier molecular flexibility index (Phi) is 5.68. The van der Waals surface area contributed by atoms with Crippen molar-refractivity contribution in [3.63, 3.8) is 0 Å². The third-order valence-electron chi connectivity index (χ3n) is 5.35. The van der Waals surface area contributed by atoms with Gasteiger partial charge in [-0.1, -0.05) is 25.0 Å². The predicted molar refractivity (Wildman–Crippen MR) is 94.1 cm³/mol. The van der Waals surface area contributed by atoms with Crippen LogP contribution in [0.25, 0.3) is 0 Å². The summed E-state index contributed by atoms with van der Waals surface area (Å²) in [6.07, 6.45) is 7.15. The van der Waals surface area contributed by atoms with Crippen LogP contribution in [0.15, 0.2) is 24.3 Å². The van der Waals surface area contributed by atoms with Crippen LogP contribution in [0.3, 0.4) is 0 Å². The molecule has 3 rings (SSSR count). The number of likely N-dealkylation sites (tertiary alicyclic amines) is 1. The van der Waals surface area contributed by atoms with Crippen molar-refractivity contribution in [1.29, 1.82) is 0 Å². The van der Waals surface area contributed by atoms with Gasteiger partial charge in [-0.2, -0.15) is 0 Å². The number of amides is 1. The molecule has 0 aromatic heterocycles. The average Bonchev–Trinajstić information content (AvgIpc) is 3.05. The van der Waals surface area contributed by atoms with E-state index in [2.05, 4.69) is 22.3 Å². The number of rotatable bonds is 5. The van der Waals surface area contributed by atoms with Gasteiger partial charge in [0.05, 0.1) is 0 Å². The van der Waals surface area contributed by atoms with Gasteiger partial charge in [0.1, 0.15) is 0 Å². The van der Waals surface area contributed by atoms with Crippen LogP contribution in [0.5, 0.6) is 0 Å². The van der Waals surface area contributed by atoms with E-state index in [4.69, 9.17) is 5.73 Å². The summed E-state index contributed by atoms with van der Waals surface area (Å²) >= 11 is 0. The van der Waals surface area contributed by atoms with E-state index in [0.717, 1.165) is 31.5 Å². The number of nitrogens with one attached hydrogen (secondary N) is 1. The fourth-order valence-corrected chi connectivity index (χ4v) is 4.02. The number of hydrogen-bond acceptors (Lipinski definition) is 3. The number of nitrogens with two attached hydrogens (primary N) is 1. The van der Waals surface area contributed by atoms with Gasteiger partial charge in [0.2, 0.25) is 5.91 Å². The fraction of sp³-hybridized carbons (Fsp3) is 0.632. The molecule has 23 heavy (non-hydrogen) atoms. The molecule has 3 N–H and O–H groups in total. The molecular formula is C19H29N3O. The predicted octanol–water partition coefficient (Wildman–Crippen LogP) is 2.99. The standard InChI is InChI=1S/C19H29N3O/c20-13-16-7-5-9-18(16)19(23)21-17-8-4-6-15(12-17)14-22-10-2-1-3-11-22/h4,6,8,12,16,18H,1-3,5,7,9-11,13-14,20H2,(H,21,23)/t16-,18-/m1/s1. The van der Waals surface area contributed by atoms with Crippen LogP contribution in [0.1, 0.15) is 44.1 Å². The summed E-state index contributed by atoms with van der Waals surface area (Å²) in [6, 6.07) is 8.31. The molecule has 126 valence electrons. The molecular weight excluding hydrogens is 286 g/mol. The van der Waals surface area contributed by atoms with Gasteiger partial charge in [0.25, 0.3) is 0 Å². The van der Waals surface area contributed by atoms with E-state index in [1.807, 2.05) is 12.1 Å². The van der Waals surface area contributed by atoms with Gasteiger partial charge in [0.15, 0.2) is 0 Å². The quantitative estimate of drug-likeness (QED) is 0.878. The SMILES string of the molecule is NC[C@H]1CCC[C@H]1C(=O)Nc1cccc(CN2CCCCC2)c1. The van der Waals surface area contributed by atoms with Gasteiger partial charge in [-0.05, 0) is 68.9 Å². The lowest BCUT2D eigenvalue weighted by Gasteiger charge is -2.26.